The average molecular weight is 418 g/mol. The van der Waals surface area contributed by atoms with Gasteiger partial charge in [0, 0.05) is 103 Å². The molecule has 0 bridgehead atoms. The second-order valence-corrected chi connectivity index (χ2v) is 15.4. The first kappa shape index (κ1) is 37.2. The van der Waals surface area contributed by atoms with Crippen LogP contribution < -0.4 is 0 Å². The van der Waals surface area contributed by atoms with Crippen molar-refractivity contribution >= 4 is 242 Å². The lowest BCUT2D eigenvalue weighted by Gasteiger charge is -2.52. The molecule has 0 amide bonds. The van der Waals surface area contributed by atoms with Gasteiger partial charge in [-0.2, -0.15) is 0 Å². The predicted octanol–water partition coefficient (Wildman–Crippen LogP) is -22.5. The van der Waals surface area contributed by atoms with Crippen molar-refractivity contribution in [3.8, 4) is 0 Å². The molecule has 0 heterocycles. The highest BCUT2D eigenvalue weighted by Gasteiger charge is 2.54. The first-order valence-electron chi connectivity index (χ1n) is 15.9. The van der Waals surface area contributed by atoms with Gasteiger partial charge in [-0.25, -0.2) is 0 Å². The normalized spacial score (nSPS) is 10.5. The molecule has 0 saturated carbocycles. The maximum atomic E-state index is 2.61. The van der Waals surface area contributed by atoms with Gasteiger partial charge in [-0.05, 0) is 0 Å². The zero-order valence-electron chi connectivity index (χ0n) is 27.9. The Bertz CT molecular complexity index is 489. The maximum absolute atomic E-state index is 2.61. The molecule has 1 unspecified atom stereocenters. The Kier molecular flexibility index (Phi) is 18.2. The monoisotopic (exact) mass is 425 g/mol. The van der Waals surface area contributed by atoms with Crippen LogP contribution in [0.3, 0.4) is 0 Å². The van der Waals surface area contributed by atoms with Gasteiger partial charge in [0.15, 0.2) is 0 Å². The molecule has 0 radical (unpaired) electrons. The third-order valence-electron chi connectivity index (χ3n) is 10.1. The minimum atomic E-state index is 0.717. The van der Waals surface area contributed by atoms with Crippen LogP contribution in [0.25, 0.3) is 0 Å². The van der Waals surface area contributed by atoms with E-state index in [1.807, 2.05) is 0 Å². The van der Waals surface area contributed by atoms with Crippen molar-refractivity contribution in [2.24, 2.45) is 0 Å². The van der Waals surface area contributed by atoms with E-state index < -0.39 is 0 Å². The van der Waals surface area contributed by atoms with Gasteiger partial charge in [0.25, 0.3) is 0 Å². The van der Waals surface area contributed by atoms with Crippen LogP contribution in [0.5, 0.6) is 0 Å². The van der Waals surface area contributed by atoms with Crippen molar-refractivity contribution in [3.05, 3.63) is 0 Å². The molecular weight excluding hydrogens is 380 g/mol. The molecule has 0 aromatic rings. The Morgan fingerprint density at radius 1 is 0.343 bits per heavy atom. The Morgan fingerprint density at radius 3 is 0.800 bits per heavy atom. The fourth-order valence-electron chi connectivity index (χ4n) is 9.46. The van der Waals surface area contributed by atoms with E-state index in [1.54, 1.807) is 0 Å². The predicted molar refractivity (Wildman–Crippen MR) is 251 cm³/mol. The highest BCUT2D eigenvalue weighted by atomic mass is 13.7. The molecule has 0 rings (SSSR count). The van der Waals surface area contributed by atoms with Gasteiger partial charge < -0.3 is 0 Å². The molecule has 0 spiro atoms. The van der Waals surface area contributed by atoms with Crippen LogP contribution in [-0.4, -0.2) is 242 Å². The van der Waals surface area contributed by atoms with E-state index in [4.69, 9.17) is 0 Å². The fourth-order valence-corrected chi connectivity index (χ4v) is 9.46. The zero-order chi connectivity index (χ0) is 27.9. The lowest BCUT2D eigenvalue weighted by Crippen LogP contribution is -2.83. The van der Waals surface area contributed by atoms with Crippen molar-refractivity contribution in [1.29, 1.82) is 0 Å². The van der Waals surface area contributed by atoms with Crippen LogP contribution in [0.4, 0.5) is 0 Å². The van der Waals surface area contributed by atoms with Crippen molar-refractivity contribution < 1.29 is 0 Å². The summed E-state index contributed by atoms with van der Waals surface area (Å²) in [6, 6.07) is 0. The van der Waals surface area contributed by atoms with Crippen molar-refractivity contribution in [3.63, 3.8) is 0 Å². The molecule has 0 aliphatic heterocycles. The molecule has 0 aromatic heterocycles. The first-order chi connectivity index (χ1) is 15.9. The standard InChI is InChI=1S/CH38B34/c2-20-32(19)22(33(26(7)8)27(9)10)1(21(24(3)4)25(5)6)23(34(28(11)12)29(13)14)35(30(15)16)31(17)18/h1,20H,2-19H2. The third-order valence-corrected chi connectivity index (χ3v) is 10.1. The molecule has 0 aliphatic carbocycles. The summed E-state index contributed by atoms with van der Waals surface area (Å²) < 4.78 is 0. The van der Waals surface area contributed by atoms with Gasteiger partial charge >= 0.3 is 0 Å². The Balaban J connectivity index is 7.70. The quantitative estimate of drug-likeness (QED) is 0.219. The number of hydrogen-bond acceptors (Lipinski definition) is 0. The second-order valence-electron chi connectivity index (χ2n) is 15.4. The van der Waals surface area contributed by atoms with Crippen LogP contribution in [0.2, 0.25) is 5.62 Å². The molecular formula is CH38B34. The minimum absolute atomic E-state index is 0.717. The lowest BCUT2D eigenvalue weighted by molar-refractivity contribution is 1.80. The summed E-state index contributed by atoms with van der Waals surface area (Å²) in [5.74, 6) is 0. The summed E-state index contributed by atoms with van der Waals surface area (Å²) in [6.07, 6.45) is 8.83. The lowest BCUT2D eigenvalue weighted by atomic mass is 8.41. The molecule has 144 valence electrons. The first-order valence-corrected chi connectivity index (χ1v) is 15.9. The van der Waals surface area contributed by atoms with Crippen LogP contribution in [0, 0.1) is 0 Å². The van der Waals surface area contributed by atoms with E-state index in [-0.39, 0.29) is 0 Å². The smallest absolute Gasteiger partial charge is 0.0594 e. The van der Waals surface area contributed by atoms with E-state index in [0.717, 1.165) is 89.0 Å². The van der Waals surface area contributed by atoms with Gasteiger partial charge in [0.05, 0.1) is 139 Å². The molecule has 0 aromatic carbocycles. The summed E-state index contributed by atoms with van der Waals surface area (Å²) in [5.41, 5.74) is 0.768. The molecule has 35 heavy (non-hydrogen) atoms. The zero-order valence-corrected chi connectivity index (χ0v) is 27.9. The van der Waals surface area contributed by atoms with E-state index in [9.17, 15) is 0 Å². The average Bonchev–Trinajstić information content (AvgIpc) is 2.66. The largest absolute Gasteiger partial charge is 0.146 e. The number of rotatable bonds is 16. The van der Waals surface area contributed by atoms with E-state index in [2.05, 4.69) is 139 Å². The van der Waals surface area contributed by atoms with Crippen molar-refractivity contribution in [2.75, 3.05) is 0 Å². The topological polar surface area (TPSA) is 0 Å². The van der Waals surface area contributed by atoms with Gasteiger partial charge in [-0.1, -0.05) is 0 Å². The van der Waals surface area contributed by atoms with Crippen LogP contribution >= 0.6 is 0 Å². The van der Waals surface area contributed by atoms with Gasteiger partial charge in [0.1, 0.15) is 0 Å². The Labute approximate surface area is 246 Å². The van der Waals surface area contributed by atoms with E-state index >= 15 is 0 Å². The molecule has 1 atom stereocenters. The highest BCUT2D eigenvalue weighted by Crippen LogP contribution is 2.28. The summed E-state index contributed by atoms with van der Waals surface area (Å²) in [5, 5.41) is 0. The SMILES string of the molecule is BBB(B)B(B(B(B)B)B(B)B)C(B(B(B)B)B(B)B)B(B(B(B)B)B(B)B)B(B(B)B)B(B)B. The van der Waals surface area contributed by atoms with Gasteiger partial charge in [-0.15, -0.1) is 5.62 Å². The molecule has 0 fully saturated rings. The molecule has 0 saturated heterocycles. The summed E-state index contributed by atoms with van der Waals surface area (Å²) in [4.78, 5) is 0. The molecule has 0 aliphatic rings. The third kappa shape index (κ3) is 10.3. The van der Waals surface area contributed by atoms with Crippen LogP contribution in [-0.2, 0) is 0 Å². The summed E-state index contributed by atoms with van der Waals surface area (Å²) >= 11 is 0. The minimum Gasteiger partial charge on any atom is -0.146 e. The Hall–Kier alpha value is 2.21. The van der Waals surface area contributed by atoms with E-state index in [1.165, 1.54) is 7.06 Å². The molecule has 0 N–H and O–H groups in total. The molecule has 0 nitrogen and oxygen atoms in total. The maximum Gasteiger partial charge on any atom is 0.0594 e. The van der Waals surface area contributed by atoms with Crippen LogP contribution in [0.15, 0.2) is 0 Å². The van der Waals surface area contributed by atoms with Gasteiger partial charge in [0.2, 0.25) is 0 Å². The highest BCUT2D eigenvalue weighted by molar-refractivity contribution is 8.12. The Morgan fingerprint density at radius 2 is 0.600 bits per heavy atom. The van der Waals surface area contributed by atoms with Gasteiger partial charge in [-0.3, -0.25) is 0 Å². The van der Waals surface area contributed by atoms with Crippen molar-refractivity contribution in [1.82, 2.24) is 0 Å². The van der Waals surface area contributed by atoms with Crippen molar-refractivity contribution in [2.45, 2.75) is 5.62 Å². The summed E-state index contributed by atoms with van der Waals surface area (Å²) in [7, 11) is 46.9. The fraction of sp³-hybridized carbons (Fsp3) is 1.00. The number of hydrogen-bond donors (Lipinski definition) is 0. The second kappa shape index (κ2) is 17.1. The van der Waals surface area contributed by atoms with E-state index in [0.29, 0.717) is 12.8 Å². The van der Waals surface area contributed by atoms with Crippen LogP contribution in [0.1, 0.15) is 0 Å². The summed E-state index contributed by atoms with van der Waals surface area (Å²) in [6.45, 7) is 2.31. The molecule has 34 heteroatoms.